The summed E-state index contributed by atoms with van der Waals surface area (Å²) in [5.74, 6) is -4.53. The molecule has 0 heterocycles. The molecule has 0 amide bonds. The first-order valence-electron chi connectivity index (χ1n) is 13.1. The lowest BCUT2D eigenvalue weighted by Crippen LogP contribution is -2.51. The van der Waals surface area contributed by atoms with E-state index in [1.165, 1.54) is 0 Å². The monoisotopic (exact) mass is 323 g/mol. The van der Waals surface area contributed by atoms with E-state index in [0.29, 0.717) is 19.3 Å². The maximum atomic E-state index is 12.8. The molecule has 6 atom stereocenters. The van der Waals surface area contributed by atoms with Crippen LogP contribution in [-0.2, 0) is 9.59 Å². The van der Waals surface area contributed by atoms with Crippen molar-refractivity contribution in [3.63, 3.8) is 0 Å². The first-order chi connectivity index (χ1) is 14.3. The Hall–Kier alpha value is -0.920. The van der Waals surface area contributed by atoms with Crippen LogP contribution in [0.3, 0.4) is 0 Å². The molecule has 3 saturated carbocycles. The minimum absolute atomic E-state index is 0.0273. The summed E-state index contributed by atoms with van der Waals surface area (Å²) in [7, 11) is 0. The molecule has 0 aromatic carbocycles. The largest absolute Gasteiger partial charge is 0.300 e. The normalized spacial score (nSPS) is 63.3. The van der Waals surface area contributed by atoms with Gasteiger partial charge in [0.1, 0.15) is 5.78 Å². The van der Waals surface area contributed by atoms with Gasteiger partial charge in [0.25, 0.3) is 0 Å². The van der Waals surface area contributed by atoms with Crippen LogP contribution in [0, 0.1) is 34.5 Å². The highest BCUT2D eigenvalue weighted by Gasteiger charge is 2.59. The van der Waals surface area contributed by atoms with E-state index in [9.17, 15) is 9.59 Å². The lowest BCUT2D eigenvalue weighted by molar-refractivity contribution is -0.128. The number of rotatable bonds is 1. The molecule has 4 rings (SSSR count). The summed E-state index contributed by atoms with van der Waals surface area (Å²) in [6.45, 7) is 0.675. The molecule has 3 fully saturated rings. The molecule has 4 aliphatic carbocycles. The van der Waals surface area contributed by atoms with Gasteiger partial charge < -0.3 is 0 Å². The summed E-state index contributed by atoms with van der Waals surface area (Å²) < 4.78 is 74.1. The Labute approximate surface area is 152 Å². The van der Waals surface area contributed by atoms with Gasteiger partial charge in [-0.3, -0.25) is 9.59 Å². The number of ketones is 2. The van der Waals surface area contributed by atoms with Crippen LogP contribution in [-0.4, -0.2) is 11.6 Å². The number of carbonyl (C=O) groups is 2. The van der Waals surface area contributed by atoms with Crippen molar-refractivity contribution < 1.29 is 21.9 Å². The Morgan fingerprint density at radius 3 is 2.87 bits per heavy atom. The van der Waals surface area contributed by atoms with Crippen LogP contribution in [0.15, 0.2) is 11.6 Å². The molecule has 0 spiro atoms. The van der Waals surface area contributed by atoms with E-state index in [2.05, 4.69) is 0 Å². The maximum absolute atomic E-state index is 12.8. The lowest BCUT2D eigenvalue weighted by atomic mass is 9.47. The van der Waals surface area contributed by atoms with Crippen molar-refractivity contribution in [2.75, 3.05) is 0 Å². The molecule has 0 aromatic rings. The van der Waals surface area contributed by atoms with E-state index in [4.69, 9.17) is 12.3 Å². The third kappa shape index (κ3) is 2.06. The summed E-state index contributed by atoms with van der Waals surface area (Å²) in [4.78, 5) is 25.3. The number of carbonyl (C=O) groups excluding carboxylic acids is 2. The van der Waals surface area contributed by atoms with Crippen molar-refractivity contribution in [3.8, 4) is 0 Å². The maximum Gasteiger partial charge on any atom is 0.155 e. The van der Waals surface area contributed by atoms with Crippen molar-refractivity contribution >= 4 is 11.6 Å². The average Bonchev–Trinajstić information content (AvgIpc) is 2.89. The molecule has 2 heteroatoms. The topological polar surface area (TPSA) is 34.1 Å². The van der Waals surface area contributed by atoms with Crippen LogP contribution in [0.4, 0.5) is 0 Å². The molecule has 126 valence electrons. The number of hydrogen-bond donors (Lipinski definition) is 0. The van der Waals surface area contributed by atoms with E-state index >= 15 is 0 Å². The van der Waals surface area contributed by atoms with Gasteiger partial charge in [-0.25, -0.2) is 0 Å². The van der Waals surface area contributed by atoms with E-state index < -0.39 is 53.9 Å². The standard InChI is InChI=1S/C21H30O2/c1-13(22)17-6-7-18-16-5-4-14-12-15(23)8-10-20(14,2)19(16)9-11-21(17,18)3/h12,16-19H,4-11H2,1-3H3/t16?,17-,18?,19?,20+,21-/m1/s1/i1D3,4D2,8D2,12D,17D. The van der Waals surface area contributed by atoms with Crippen LogP contribution >= 0.6 is 0 Å². The predicted octanol–water partition coefficient (Wildman–Crippen LogP) is 4.72. The van der Waals surface area contributed by atoms with Gasteiger partial charge in [0.15, 0.2) is 5.78 Å². The van der Waals surface area contributed by atoms with Crippen molar-refractivity contribution in [1.82, 2.24) is 0 Å². The first kappa shape index (κ1) is 8.45. The Bertz CT molecular complexity index is 923. The molecule has 0 radical (unpaired) electrons. The zero-order valence-corrected chi connectivity index (χ0v) is 13.8. The average molecular weight is 324 g/mol. The van der Waals surface area contributed by atoms with Crippen LogP contribution in [0.25, 0.3) is 0 Å². The highest BCUT2D eigenvalue weighted by atomic mass is 16.1. The SMILES string of the molecule is [2H]C1=C2C([2H])([2H])CC3C(CC[C@@]4(C)C3CC[C@]4([2H])C(=O)C([2H])([2H])[2H])[C@@]2(C)CC([2H])([2H])C1=O. The fraction of sp³-hybridized carbons (Fsp3) is 0.810. The highest BCUT2D eigenvalue weighted by Crippen LogP contribution is 2.66. The van der Waals surface area contributed by atoms with Gasteiger partial charge in [-0.1, -0.05) is 19.4 Å². The van der Waals surface area contributed by atoms with Gasteiger partial charge in [-0.2, -0.15) is 0 Å². The van der Waals surface area contributed by atoms with Gasteiger partial charge in [0.2, 0.25) is 0 Å². The van der Waals surface area contributed by atoms with Crippen LogP contribution in [0.1, 0.15) is 84.3 Å². The number of Topliss-reactive ketones (excluding diaryl/α,β-unsaturated/α-hetero) is 1. The van der Waals surface area contributed by atoms with Crippen LogP contribution < -0.4 is 0 Å². The van der Waals surface area contributed by atoms with E-state index in [1.54, 1.807) is 13.8 Å². The summed E-state index contributed by atoms with van der Waals surface area (Å²) in [6, 6.07) is -0.556. The van der Waals surface area contributed by atoms with Crippen molar-refractivity contribution in [2.24, 2.45) is 34.5 Å². The molecule has 3 unspecified atom stereocenters. The van der Waals surface area contributed by atoms with Crippen molar-refractivity contribution in [3.05, 3.63) is 11.6 Å². The Balaban J connectivity index is 1.81. The second-order valence-corrected chi connectivity index (χ2v) is 8.16. The molecule has 0 saturated heterocycles. The molecule has 0 N–H and O–H groups in total. The Morgan fingerprint density at radius 2 is 2.09 bits per heavy atom. The summed E-state index contributed by atoms with van der Waals surface area (Å²) >= 11 is 0. The quantitative estimate of drug-likeness (QED) is 0.699. The number of allylic oxidation sites excluding steroid dienone is 1. The predicted molar refractivity (Wildman–Crippen MR) is 90.9 cm³/mol. The summed E-state index contributed by atoms with van der Waals surface area (Å²) in [5, 5.41) is 0. The number of hydrogen-bond acceptors (Lipinski definition) is 2. The summed E-state index contributed by atoms with van der Waals surface area (Å²) in [5.41, 5.74) is -1.85. The van der Waals surface area contributed by atoms with Gasteiger partial charge in [0, 0.05) is 23.2 Å². The zero-order chi connectivity index (χ0) is 24.3. The fourth-order valence-corrected chi connectivity index (χ4v) is 5.98. The van der Waals surface area contributed by atoms with Crippen molar-refractivity contribution in [1.29, 1.82) is 0 Å². The molecule has 0 aliphatic heterocycles. The van der Waals surface area contributed by atoms with Gasteiger partial charge in [-0.15, -0.1) is 0 Å². The lowest BCUT2D eigenvalue weighted by Gasteiger charge is -2.58. The minimum atomic E-state index is -2.88. The van der Waals surface area contributed by atoms with E-state index in [0.717, 1.165) is 0 Å². The smallest absolute Gasteiger partial charge is 0.155 e. The molecule has 0 bridgehead atoms. The van der Waals surface area contributed by atoms with E-state index in [1.807, 2.05) is 0 Å². The highest BCUT2D eigenvalue weighted by molar-refractivity contribution is 5.91. The molecular formula is C21H30O2. The summed E-state index contributed by atoms with van der Waals surface area (Å²) in [6.07, 6.45) is -2.98. The number of fused-ring (bicyclic) bond motifs is 5. The zero-order valence-electron chi connectivity index (χ0n) is 22.8. The fourth-order valence-electron chi connectivity index (χ4n) is 5.98. The molecule has 4 aliphatic rings. The molecule has 2 nitrogen and oxygen atoms in total. The Morgan fingerprint density at radius 1 is 1.26 bits per heavy atom. The molecule has 0 aromatic heterocycles. The third-order valence-corrected chi connectivity index (χ3v) is 7.25. The first-order valence-corrected chi connectivity index (χ1v) is 8.64. The molecule has 23 heavy (non-hydrogen) atoms. The second-order valence-electron chi connectivity index (χ2n) is 8.16. The van der Waals surface area contributed by atoms with Gasteiger partial charge in [-0.05, 0) is 86.4 Å². The molecular weight excluding hydrogens is 284 g/mol. The van der Waals surface area contributed by atoms with Crippen LogP contribution in [0.2, 0.25) is 0 Å². The van der Waals surface area contributed by atoms with Gasteiger partial charge >= 0.3 is 0 Å². The van der Waals surface area contributed by atoms with Crippen LogP contribution in [0.5, 0.6) is 0 Å². The van der Waals surface area contributed by atoms with Crippen molar-refractivity contribution in [2.45, 2.75) is 72.0 Å². The van der Waals surface area contributed by atoms with Gasteiger partial charge in [0.05, 0.1) is 1.37 Å². The minimum Gasteiger partial charge on any atom is -0.300 e. The van der Waals surface area contributed by atoms with E-state index in [-0.39, 0.29) is 42.6 Å². The second kappa shape index (κ2) is 5.04. The Kier molecular flexibility index (Phi) is 1.85. The third-order valence-electron chi connectivity index (χ3n) is 7.25.